The Labute approximate surface area is 167 Å². The molecule has 144 valence electrons. The number of hydrogen-bond acceptors (Lipinski definition) is 6. The minimum atomic E-state index is -0.102. The van der Waals surface area contributed by atoms with Gasteiger partial charge in [0.25, 0.3) is 5.56 Å². The van der Waals surface area contributed by atoms with Crippen molar-refractivity contribution in [2.45, 2.75) is 23.5 Å². The number of benzene rings is 1. The second-order valence-electron chi connectivity index (χ2n) is 6.51. The van der Waals surface area contributed by atoms with Crippen LogP contribution in [0.5, 0.6) is 0 Å². The van der Waals surface area contributed by atoms with Gasteiger partial charge in [0, 0.05) is 38.1 Å². The molecule has 1 fully saturated rings. The van der Waals surface area contributed by atoms with Crippen molar-refractivity contribution in [2.75, 3.05) is 31.1 Å². The molecule has 2 aromatic heterocycles. The van der Waals surface area contributed by atoms with E-state index in [-0.39, 0.29) is 5.56 Å². The fourth-order valence-electron chi connectivity index (χ4n) is 3.23. The van der Waals surface area contributed by atoms with Crippen molar-refractivity contribution in [3.05, 3.63) is 40.7 Å². The maximum atomic E-state index is 13.2. The van der Waals surface area contributed by atoms with E-state index in [1.807, 2.05) is 34.9 Å². The first-order chi connectivity index (χ1) is 13.7. The molecule has 1 saturated heterocycles. The van der Waals surface area contributed by atoms with E-state index < -0.39 is 0 Å². The topological polar surface area (TPSA) is 68.0 Å². The highest BCUT2D eigenvalue weighted by molar-refractivity contribution is 7.99. The molecule has 0 bridgehead atoms. The zero-order valence-electron chi connectivity index (χ0n) is 16.0. The van der Waals surface area contributed by atoms with E-state index in [1.165, 1.54) is 11.8 Å². The van der Waals surface area contributed by atoms with Crippen molar-refractivity contribution >= 4 is 28.9 Å². The van der Waals surface area contributed by atoms with Gasteiger partial charge in [-0.3, -0.25) is 13.9 Å². The molecule has 0 spiro atoms. The van der Waals surface area contributed by atoms with E-state index >= 15 is 0 Å². The number of aromatic nitrogens is 4. The molecule has 3 aromatic rings. The molecule has 28 heavy (non-hydrogen) atoms. The monoisotopic (exact) mass is 394 g/mol. The van der Waals surface area contributed by atoms with Crippen molar-refractivity contribution in [1.82, 2.24) is 24.4 Å². The second kappa shape index (κ2) is 8.09. The minimum absolute atomic E-state index is 0.102. The van der Waals surface area contributed by atoms with Gasteiger partial charge in [-0.25, -0.2) is 4.98 Å². The molecule has 8 heteroatoms. The first-order valence-corrected chi connectivity index (χ1v) is 10.1. The Bertz CT molecular complexity index is 1100. The molecule has 0 atom stereocenters. The van der Waals surface area contributed by atoms with Crippen LogP contribution in [0.4, 0.5) is 5.95 Å². The third-order valence-electron chi connectivity index (χ3n) is 4.69. The fourth-order valence-corrected chi connectivity index (χ4v) is 4.08. The van der Waals surface area contributed by atoms with Crippen LogP contribution in [0.2, 0.25) is 0 Å². The van der Waals surface area contributed by atoms with E-state index in [0.717, 1.165) is 37.0 Å². The van der Waals surface area contributed by atoms with Crippen molar-refractivity contribution in [3.63, 3.8) is 0 Å². The first kappa shape index (κ1) is 18.6. The third kappa shape index (κ3) is 3.51. The fraction of sp³-hybridized carbons (Fsp3) is 0.350. The maximum Gasteiger partial charge on any atom is 0.280 e. The van der Waals surface area contributed by atoms with Crippen LogP contribution in [-0.4, -0.2) is 45.3 Å². The zero-order chi connectivity index (χ0) is 19.5. The Morgan fingerprint density at radius 3 is 2.64 bits per heavy atom. The average Bonchev–Trinajstić information content (AvgIpc) is 3.10. The van der Waals surface area contributed by atoms with Crippen molar-refractivity contribution in [1.29, 1.82) is 0 Å². The molecule has 1 aliphatic rings. The van der Waals surface area contributed by atoms with Crippen molar-refractivity contribution in [3.8, 4) is 11.8 Å². The van der Waals surface area contributed by atoms with Crippen LogP contribution >= 0.6 is 11.8 Å². The summed E-state index contributed by atoms with van der Waals surface area (Å²) in [4.78, 5) is 25.9. The third-order valence-corrected chi connectivity index (χ3v) is 5.75. The molecular weight excluding hydrogens is 372 g/mol. The van der Waals surface area contributed by atoms with Crippen LogP contribution in [-0.2, 0) is 13.6 Å². The molecule has 1 aromatic carbocycles. The minimum Gasteiger partial charge on any atom is -0.340 e. The molecule has 0 saturated carbocycles. The van der Waals surface area contributed by atoms with Crippen LogP contribution in [0, 0.1) is 11.8 Å². The molecular formula is C20H22N6OS. The predicted molar refractivity (Wildman–Crippen MR) is 112 cm³/mol. The Kier molecular flexibility index (Phi) is 5.37. The van der Waals surface area contributed by atoms with Crippen LogP contribution in [0.25, 0.3) is 11.2 Å². The molecule has 0 aliphatic carbocycles. The highest BCUT2D eigenvalue weighted by Gasteiger charge is 2.23. The number of rotatable bonds is 4. The van der Waals surface area contributed by atoms with E-state index in [9.17, 15) is 4.79 Å². The van der Waals surface area contributed by atoms with Gasteiger partial charge in [0.05, 0.1) is 6.54 Å². The number of fused-ring (bicyclic) bond motifs is 1. The highest BCUT2D eigenvalue weighted by Crippen LogP contribution is 2.27. The number of hydrogen-bond donors (Lipinski definition) is 1. The molecule has 1 aliphatic heterocycles. The first-order valence-electron chi connectivity index (χ1n) is 9.24. The largest absolute Gasteiger partial charge is 0.340 e. The van der Waals surface area contributed by atoms with Crippen LogP contribution in [0.3, 0.4) is 0 Å². The molecule has 0 radical (unpaired) electrons. The van der Waals surface area contributed by atoms with Gasteiger partial charge in [0.1, 0.15) is 0 Å². The number of piperazine rings is 1. The van der Waals surface area contributed by atoms with Gasteiger partial charge in [-0.05, 0) is 19.1 Å². The van der Waals surface area contributed by atoms with E-state index in [2.05, 4.69) is 22.1 Å². The molecule has 0 amide bonds. The smallest absolute Gasteiger partial charge is 0.280 e. The lowest BCUT2D eigenvalue weighted by Crippen LogP contribution is -2.44. The van der Waals surface area contributed by atoms with Gasteiger partial charge < -0.3 is 10.2 Å². The quantitative estimate of drug-likeness (QED) is 0.537. The van der Waals surface area contributed by atoms with Crippen LogP contribution in [0.1, 0.15) is 6.92 Å². The standard InChI is InChI=1S/C20H22N6OS/c1-3-4-12-26-16-17(22-19(26)25-13-10-21-11-14-25)23-20(24(2)18(16)27)28-15-8-6-5-7-9-15/h5-9,21H,10-14H2,1-2H3. The number of imidazole rings is 1. The molecule has 3 heterocycles. The Morgan fingerprint density at radius 2 is 1.93 bits per heavy atom. The number of anilines is 1. The van der Waals surface area contributed by atoms with Crippen molar-refractivity contribution in [2.24, 2.45) is 7.05 Å². The lowest BCUT2D eigenvalue weighted by molar-refractivity contribution is 0.573. The van der Waals surface area contributed by atoms with E-state index in [1.54, 1.807) is 18.5 Å². The highest BCUT2D eigenvalue weighted by atomic mass is 32.2. The summed E-state index contributed by atoms with van der Waals surface area (Å²) in [7, 11) is 1.76. The predicted octanol–water partition coefficient (Wildman–Crippen LogP) is 1.71. The average molecular weight is 395 g/mol. The lowest BCUT2D eigenvalue weighted by atomic mass is 10.4. The van der Waals surface area contributed by atoms with Crippen LogP contribution in [0.15, 0.2) is 45.2 Å². The molecule has 1 N–H and O–H groups in total. The van der Waals surface area contributed by atoms with Gasteiger partial charge in [0.15, 0.2) is 16.3 Å². The Balaban J connectivity index is 1.85. The normalized spacial score (nSPS) is 14.1. The Morgan fingerprint density at radius 1 is 1.18 bits per heavy atom. The molecule has 7 nitrogen and oxygen atoms in total. The summed E-state index contributed by atoms with van der Waals surface area (Å²) in [6, 6.07) is 9.92. The molecule has 4 rings (SSSR count). The second-order valence-corrected chi connectivity index (χ2v) is 7.55. The lowest BCUT2D eigenvalue weighted by Gasteiger charge is -2.28. The number of nitrogens with one attached hydrogen (secondary N) is 1. The van der Waals surface area contributed by atoms with E-state index in [0.29, 0.717) is 22.9 Å². The maximum absolute atomic E-state index is 13.2. The molecule has 0 unspecified atom stereocenters. The summed E-state index contributed by atoms with van der Waals surface area (Å²) in [5.74, 6) is 6.76. The van der Waals surface area contributed by atoms with Crippen molar-refractivity contribution < 1.29 is 0 Å². The van der Waals surface area contributed by atoms with Gasteiger partial charge in [-0.2, -0.15) is 4.98 Å². The van der Waals surface area contributed by atoms with Gasteiger partial charge in [-0.1, -0.05) is 35.9 Å². The summed E-state index contributed by atoms with van der Waals surface area (Å²) in [5, 5.41) is 3.97. The summed E-state index contributed by atoms with van der Waals surface area (Å²) in [6.45, 7) is 5.69. The van der Waals surface area contributed by atoms with Gasteiger partial charge in [0.2, 0.25) is 5.95 Å². The summed E-state index contributed by atoms with van der Waals surface area (Å²) in [6.07, 6.45) is 0. The van der Waals surface area contributed by atoms with Gasteiger partial charge in [-0.15, -0.1) is 5.92 Å². The zero-order valence-corrected chi connectivity index (χ0v) is 16.8. The van der Waals surface area contributed by atoms with E-state index in [4.69, 9.17) is 9.97 Å². The van der Waals surface area contributed by atoms with Gasteiger partial charge >= 0.3 is 0 Å². The SMILES string of the molecule is CC#CCn1c(N2CCNCC2)nc2nc(Sc3ccccc3)n(C)c(=O)c21. The summed E-state index contributed by atoms with van der Waals surface area (Å²) < 4.78 is 3.50. The summed E-state index contributed by atoms with van der Waals surface area (Å²) >= 11 is 1.46. The Hall–Kier alpha value is -2.76. The summed E-state index contributed by atoms with van der Waals surface area (Å²) in [5.41, 5.74) is 0.888. The van der Waals surface area contributed by atoms with Crippen LogP contribution < -0.4 is 15.8 Å². The number of nitrogens with zero attached hydrogens (tertiary/aromatic N) is 5.